The van der Waals surface area contributed by atoms with E-state index in [9.17, 15) is 0 Å². The van der Waals surface area contributed by atoms with Gasteiger partial charge in [0.25, 0.3) is 6.71 Å². The summed E-state index contributed by atoms with van der Waals surface area (Å²) < 4.78 is 9.38. The maximum absolute atomic E-state index is 6.80. The maximum Gasteiger partial charge on any atom is 0.252 e. The number of fused-ring (bicyclic) bond motifs is 12. The Balaban J connectivity index is 1.13. The molecule has 0 bridgehead atoms. The van der Waals surface area contributed by atoms with Gasteiger partial charge in [0.1, 0.15) is 11.2 Å². The van der Waals surface area contributed by atoms with Gasteiger partial charge in [0.05, 0.1) is 11.4 Å². The molecule has 5 heteroatoms. The van der Waals surface area contributed by atoms with Crippen LogP contribution in [0.1, 0.15) is 0 Å². The number of thiophene rings is 1. The van der Waals surface area contributed by atoms with Gasteiger partial charge in [-0.05, 0) is 74.0 Å². The van der Waals surface area contributed by atoms with E-state index in [0.717, 1.165) is 39.0 Å². The quantitative estimate of drug-likeness (QED) is 0.164. The fourth-order valence-electron chi connectivity index (χ4n) is 11.5. The summed E-state index contributed by atoms with van der Waals surface area (Å²) in [6, 6.07) is 83.0. The van der Waals surface area contributed by atoms with Crippen LogP contribution >= 0.6 is 11.3 Å². The molecule has 11 aromatic carbocycles. The van der Waals surface area contributed by atoms with Crippen molar-refractivity contribution in [3.05, 3.63) is 224 Å². The molecule has 0 N–H and O–H groups in total. The second-order valence-corrected chi connectivity index (χ2v) is 19.0. The second-order valence-electron chi connectivity index (χ2n) is 17.9. The number of rotatable bonds is 4. The van der Waals surface area contributed by atoms with E-state index in [0.29, 0.717) is 0 Å². The molecule has 0 spiro atoms. The number of para-hydroxylation sites is 1. The van der Waals surface area contributed by atoms with E-state index in [1.807, 2.05) is 11.3 Å². The normalized spacial score (nSPS) is 13.0. The van der Waals surface area contributed by atoms with Crippen LogP contribution in [0.5, 0.6) is 0 Å². The van der Waals surface area contributed by atoms with Crippen molar-refractivity contribution < 1.29 is 4.42 Å². The van der Waals surface area contributed by atoms with Crippen molar-refractivity contribution in [2.45, 2.75) is 0 Å². The van der Waals surface area contributed by atoms with E-state index in [4.69, 9.17) is 4.42 Å². The van der Waals surface area contributed by atoms with Gasteiger partial charge in [-0.15, -0.1) is 11.3 Å². The number of anilines is 6. The first-order valence-electron chi connectivity index (χ1n) is 23.0. The fourth-order valence-corrected chi connectivity index (χ4v) is 12.7. The molecule has 310 valence electrons. The smallest absolute Gasteiger partial charge is 0.252 e. The molecule has 0 amide bonds. The first-order valence-corrected chi connectivity index (χ1v) is 23.8. The number of hydrogen-bond acceptors (Lipinski definition) is 4. The molecule has 15 rings (SSSR count). The van der Waals surface area contributed by atoms with Gasteiger partial charge in [0, 0.05) is 76.3 Å². The predicted octanol–water partition coefficient (Wildman–Crippen LogP) is 15.7. The molecule has 13 aromatic rings. The summed E-state index contributed by atoms with van der Waals surface area (Å²) in [6.07, 6.45) is 0. The summed E-state index contributed by atoms with van der Waals surface area (Å²) in [6.45, 7) is -0.102. The van der Waals surface area contributed by atoms with Gasteiger partial charge in [0.2, 0.25) is 0 Å². The van der Waals surface area contributed by atoms with Crippen LogP contribution in [0.3, 0.4) is 0 Å². The molecule has 2 aliphatic rings. The van der Waals surface area contributed by atoms with Crippen molar-refractivity contribution in [2.75, 3.05) is 9.80 Å². The lowest BCUT2D eigenvalue weighted by atomic mass is 9.33. The monoisotopic (exact) mass is 868 g/mol. The molecule has 0 saturated heterocycles. The second kappa shape index (κ2) is 14.1. The van der Waals surface area contributed by atoms with Crippen LogP contribution in [-0.2, 0) is 0 Å². The topological polar surface area (TPSA) is 19.6 Å². The number of nitrogens with zero attached hydrogens (tertiary/aromatic N) is 2. The Kier molecular flexibility index (Phi) is 7.75. The summed E-state index contributed by atoms with van der Waals surface area (Å²) in [4.78, 5) is 5.19. The molecule has 67 heavy (non-hydrogen) atoms. The van der Waals surface area contributed by atoms with Crippen molar-refractivity contribution >= 4 is 132 Å². The Bertz CT molecular complexity index is 3930. The number of hydrogen-bond donors (Lipinski definition) is 0. The Morgan fingerprint density at radius 1 is 0.343 bits per heavy atom. The van der Waals surface area contributed by atoms with Crippen molar-refractivity contribution in [3.8, 4) is 22.3 Å². The molecular formula is C62H37BN2OS. The molecule has 0 radical (unpaired) electrons. The minimum Gasteiger partial charge on any atom is -0.456 e. The zero-order valence-electron chi connectivity index (χ0n) is 36.2. The third kappa shape index (κ3) is 5.29. The highest BCUT2D eigenvalue weighted by Crippen LogP contribution is 2.52. The average Bonchev–Trinajstić information content (AvgIpc) is 3.95. The molecule has 0 atom stereocenters. The molecule has 2 aliphatic heterocycles. The molecular weight excluding hydrogens is 832 g/mol. The van der Waals surface area contributed by atoms with E-state index in [1.54, 1.807) is 0 Å². The minimum absolute atomic E-state index is 0.102. The lowest BCUT2D eigenvalue weighted by Gasteiger charge is -2.45. The molecule has 0 saturated carbocycles. The van der Waals surface area contributed by atoms with Crippen LogP contribution in [0.15, 0.2) is 229 Å². The molecule has 0 fully saturated rings. The zero-order valence-corrected chi connectivity index (χ0v) is 37.0. The highest BCUT2D eigenvalue weighted by molar-refractivity contribution is 7.26. The third-order valence-electron chi connectivity index (χ3n) is 14.4. The first-order chi connectivity index (χ1) is 33.2. The van der Waals surface area contributed by atoms with Crippen molar-refractivity contribution in [3.63, 3.8) is 0 Å². The van der Waals surface area contributed by atoms with Crippen LogP contribution in [0.4, 0.5) is 34.1 Å². The van der Waals surface area contributed by atoms with Gasteiger partial charge >= 0.3 is 0 Å². The number of furan rings is 1. The third-order valence-corrected chi connectivity index (χ3v) is 15.5. The molecule has 3 nitrogen and oxygen atoms in total. The van der Waals surface area contributed by atoms with Crippen LogP contribution in [0, 0.1) is 0 Å². The minimum atomic E-state index is -0.102. The van der Waals surface area contributed by atoms with Gasteiger partial charge in [-0.25, -0.2) is 0 Å². The van der Waals surface area contributed by atoms with E-state index >= 15 is 0 Å². The largest absolute Gasteiger partial charge is 0.456 e. The predicted molar refractivity (Wildman–Crippen MR) is 287 cm³/mol. The molecule has 0 unspecified atom stereocenters. The van der Waals surface area contributed by atoms with Crippen LogP contribution in [0.2, 0.25) is 0 Å². The highest BCUT2D eigenvalue weighted by atomic mass is 32.1. The zero-order chi connectivity index (χ0) is 43.7. The highest BCUT2D eigenvalue weighted by Gasteiger charge is 2.45. The maximum atomic E-state index is 6.80. The van der Waals surface area contributed by atoms with Crippen molar-refractivity contribution in [1.82, 2.24) is 0 Å². The Labute approximate surface area is 391 Å². The summed E-state index contributed by atoms with van der Waals surface area (Å²) >= 11 is 1.88. The van der Waals surface area contributed by atoms with Gasteiger partial charge in [-0.1, -0.05) is 188 Å². The Hall–Kier alpha value is -8.38. The SMILES string of the molecule is c1ccc(-c2ccc3ccccc3c2N2c3cc4oc5ccccc5c4cc3B3c4cc5c(cc4N(c4c(-c6ccccc6)ccc6ccccc46)c4cccc2c43)sc2ccccc25)cc1. The number of benzene rings is 11. The summed E-state index contributed by atoms with van der Waals surface area (Å²) in [5, 5.41) is 9.64. The van der Waals surface area contributed by atoms with Crippen LogP contribution < -0.4 is 26.2 Å². The van der Waals surface area contributed by atoms with E-state index in [-0.39, 0.29) is 6.71 Å². The first kappa shape index (κ1) is 36.9. The van der Waals surface area contributed by atoms with Gasteiger partial charge in [0.15, 0.2) is 0 Å². The van der Waals surface area contributed by atoms with Crippen molar-refractivity contribution in [1.29, 1.82) is 0 Å². The van der Waals surface area contributed by atoms with Gasteiger partial charge < -0.3 is 14.2 Å². The summed E-state index contributed by atoms with van der Waals surface area (Å²) in [5.74, 6) is 0. The van der Waals surface area contributed by atoms with E-state index < -0.39 is 0 Å². The van der Waals surface area contributed by atoms with Crippen molar-refractivity contribution in [2.24, 2.45) is 0 Å². The molecule has 0 aliphatic carbocycles. The van der Waals surface area contributed by atoms with Crippen LogP contribution in [0.25, 0.3) is 85.9 Å². The summed E-state index contributed by atoms with van der Waals surface area (Å²) in [7, 11) is 0. The molecule has 4 heterocycles. The molecule has 2 aromatic heterocycles. The van der Waals surface area contributed by atoms with Gasteiger partial charge in [-0.2, -0.15) is 0 Å². The Morgan fingerprint density at radius 2 is 0.866 bits per heavy atom. The average molecular weight is 869 g/mol. The van der Waals surface area contributed by atoms with E-state index in [2.05, 4.69) is 234 Å². The fraction of sp³-hybridized carbons (Fsp3) is 0. The lowest BCUT2D eigenvalue weighted by Crippen LogP contribution is -2.61. The van der Waals surface area contributed by atoms with E-state index in [1.165, 1.54) is 97.4 Å². The summed E-state index contributed by atoms with van der Waals surface area (Å²) in [5.41, 5.74) is 17.3. The van der Waals surface area contributed by atoms with Crippen LogP contribution in [-0.4, -0.2) is 6.71 Å². The standard InChI is InChI=1S/C62H37BN2OS/c1-3-16-38(17-4-1)44-32-30-40-20-7-9-22-42(40)61(44)64-52-26-15-27-53-60(52)63(50-34-48-46-24-11-13-28-56(46)66-57(48)36-54(50)64)51-35-49-47-25-12-14-29-58(47)67-59(49)37-55(51)65(53)62-43-23-10-8-21-41(43)31-33-45(62)39-18-5-2-6-19-39/h1-37H. The lowest BCUT2D eigenvalue weighted by molar-refractivity contribution is 0.669. The van der Waals surface area contributed by atoms with Gasteiger partial charge in [-0.3, -0.25) is 0 Å². The Morgan fingerprint density at radius 3 is 1.51 bits per heavy atom.